The molecule has 92 valence electrons. The van der Waals surface area contributed by atoms with Gasteiger partial charge in [0.1, 0.15) is 12.4 Å². The van der Waals surface area contributed by atoms with E-state index in [0.29, 0.717) is 26.1 Å². The predicted molar refractivity (Wildman–Crippen MR) is 67.1 cm³/mol. The first-order valence-corrected chi connectivity index (χ1v) is 6.02. The van der Waals surface area contributed by atoms with Crippen LogP contribution in [-0.2, 0) is 11.3 Å². The summed E-state index contributed by atoms with van der Waals surface area (Å²) in [6, 6.07) is 5.78. The molecule has 1 aromatic carbocycles. The number of rotatable bonds is 3. The number of nitrogens with zero attached hydrogens (tertiary/aromatic N) is 1. The number of hydrogen-bond acceptors (Lipinski definition) is 3. The van der Waals surface area contributed by atoms with Crippen molar-refractivity contribution in [2.75, 3.05) is 18.1 Å². The molecule has 4 nitrogen and oxygen atoms in total. The number of hydrogen-bond donors (Lipinski definition) is 1. The average Bonchev–Trinajstić information content (AvgIpc) is 2.37. The third-order valence-electron chi connectivity index (χ3n) is 2.89. The SMILES string of the molecule is CCCC(=O)N1CCOc2cc(CN)ccc21. The monoisotopic (exact) mass is 234 g/mol. The fraction of sp³-hybridized carbons (Fsp3) is 0.462. The van der Waals surface area contributed by atoms with Crippen molar-refractivity contribution < 1.29 is 9.53 Å². The van der Waals surface area contributed by atoms with E-state index in [1.54, 1.807) is 0 Å². The lowest BCUT2D eigenvalue weighted by atomic mass is 10.1. The van der Waals surface area contributed by atoms with Crippen molar-refractivity contribution >= 4 is 11.6 Å². The average molecular weight is 234 g/mol. The van der Waals surface area contributed by atoms with Gasteiger partial charge in [-0.1, -0.05) is 13.0 Å². The number of nitrogens with two attached hydrogens (primary N) is 1. The largest absolute Gasteiger partial charge is 0.490 e. The van der Waals surface area contributed by atoms with Gasteiger partial charge in [0.15, 0.2) is 0 Å². The second-order valence-corrected chi connectivity index (χ2v) is 4.15. The summed E-state index contributed by atoms with van der Waals surface area (Å²) in [5.41, 5.74) is 7.48. The second kappa shape index (κ2) is 5.19. The molecule has 0 bridgehead atoms. The van der Waals surface area contributed by atoms with Crippen LogP contribution in [0.3, 0.4) is 0 Å². The van der Waals surface area contributed by atoms with Gasteiger partial charge in [0, 0.05) is 13.0 Å². The summed E-state index contributed by atoms with van der Waals surface area (Å²) in [6.45, 7) is 3.68. The number of anilines is 1. The van der Waals surface area contributed by atoms with E-state index in [-0.39, 0.29) is 5.91 Å². The zero-order chi connectivity index (χ0) is 12.3. The molecular weight excluding hydrogens is 216 g/mol. The summed E-state index contributed by atoms with van der Waals surface area (Å²) in [5, 5.41) is 0. The Morgan fingerprint density at radius 1 is 1.53 bits per heavy atom. The molecule has 2 N–H and O–H groups in total. The van der Waals surface area contributed by atoms with Crippen LogP contribution in [0.25, 0.3) is 0 Å². The standard InChI is InChI=1S/C13H18N2O2/c1-2-3-13(16)15-6-7-17-12-8-10(9-14)4-5-11(12)15/h4-5,8H,2-3,6-7,9,14H2,1H3. The Morgan fingerprint density at radius 2 is 2.35 bits per heavy atom. The zero-order valence-electron chi connectivity index (χ0n) is 10.1. The fourth-order valence-electron chi connectivity index (χ4n) is 2.00. The maximum atomic E-state index is 12.0. The molecule has 0 saturated heterocycles. The molecule has 1 amide bonds. The molecule has 0 atom stereocenters. The minimum absolute atomic E-state index is 0.164. The summed E-state index contributed by atoms with van der Waals surface area (Å²) < 4.78 is 5.58. The Labute approximate surface area is 101 Å². The first-order chi connectivity index (χ1) is 8.26. The van der Waals surface area contributed by atoms with Gasteiger partial charge >= 0.3 is 0 Å². The van der Waals surface area contributed by atoms with Gasteiger partial charge < -0.3 is 15.4 Å². The van der Waals surface area contributed by atoms with Crippen molar-refractivity contribution in [3.8, 4) is 5.75 Å². The van der Waals surface area contributed by atoms with Gasteiger partial charge in [-0.05, 0) is 24.1 Å². The van der Waals surface area contributed by atoms with E-state index in [2.05, 4.69) is 0 Å². The lowest BCUT2D eigenvalue weighted by Gasteiger charge is -2.29. The third kappa shape index (κ3) is 2.42. The molecule has 17 heavy (non-hydrogen) atoms. The van der Waals surface area contributed by atoms with E-state index in [1.807, 2.05) is 30.0 Å². The minimum Gasteiger partial charge on any atom is -0.490 e. The summed E-state index contributed by atoms with van der Waals surface area (Å²) in [6.07, 6.45) is 1.45. The van der Waals surface area contributed by atoms with E-state index in [4.69, 9.17) is 10.5 Å². The highest BCUT2D eigenvalue weighted by Crippen LogP contribution is 2.32. The van der Waals surface area contributed by atoms with Crippen molar-refractivity contribution in [3.63, 3.8) is 0 Å². The van der Waals surface area contributed by atoms with E-state index in [9.17, 15) is 4.79 Å². The normalized spacial score (nSPS) is 14.1. The molecule has 1 aliphatic rings. The number of ether oxygens (including phenoxy) is 1. The van der Waals surface area contributed by atoms with Crippen LogP contribution in [0.15, 0.2) is 18.2 Å². The Morgan fingerprint density at radius 3 is 3.06 bits per heavy atom. The fourth-order valence-corrected chi connectivity index (χ4v) is 2.00. The maximum absolute atomic E-state index is 12.0. The molecule has 4 heteroatoms. The third-order valence-corrected chi connectivity index (χ3v) is 2.89. The topological polar surface area (TPSA) is 55.6 Å². The van der Waals surface area contributed by atoms with Gasteiger partial charge in [-0.2, -0.15) is 0 Å². The van der Waals surface area contributed by atoms with Gasteiger partial charge in [0.25, 0.3) is 0 Å². The molecule has 0 radical (unpaired) electrons. The molecule has 0 aromatic heterocycles. The summed E-state index contributed by atoms with van der Waals surface area (Å²) in [7, 11) is 0. The lowest BCUT2D eigenvalue weighted by molar-refractivity contribution is -0.118. The van der Waals surface area contributed by atoms with Gasteiger partial charge in [-0.25, -0.2) is 0 Å². The molecule has 0 unspecified atom stereocenters. The molecule has 1 aliphatic heterocycles. The van der Waals surface area contributed by atoms with Crippen LogP contribution < -0.4 is 15.4 Å². The molecule has 0 spiro atoms. The molecule has 1 heterocycles. The Bertz CT molecular complexity index is 418. The number of amides is 1. The minimum atomic E-state index is 0.164. The molecule has 1 aromatic rings. The second-order valence-electron chi connectivity index (χ2n) is 4.15. The van der Waals surface area contributed by atoms with Crippen LogP contribution in [-0.4, -0.2) is 19.1 Å². The van der Waals surface area contributed by atoms with Crippen LogP contribution in [0.5, 0.6) is 5.75 Å². The van der Waals surface area contributed by atoms with Crippen molar-refractivity contribution in [3.05, 3.63) is 23.8 Å². The number of carbonyl (C=O) groups excluding carboxylic acids is 1. The van der Waals surface area contributed by atoms with Crippen LogP contribution >= 0.6 is 0 Å². The summed E-state index contributed by atoms with van der Waals surface area (Å²) in [5.74, 6) is 0.932. The predicted octanol–water partition coefficient (Wildman–Crippen LogP) is 1.67. The maximum Gasteiger partial charge on any atom is 0.227 e. The lowest BCUT2D eigenvalue weighted by Crippen LogP contribution is -2.37. The molecule has 0 fully saturated rings. The van der Waals surface area contributed by atoms with Gasteiger partial charge in [-0.3, -0.25) is 4.79 Å². The van der Waals surface area contributed by atoms with Crippen molar-refractivity contribution in [1.29, 1.82) is 0 Å². The Kier molecular flexibility index (Phi) is 3.64. The highest BCUT2D eigenvalue weighted by Gasteiger charge is 2.22. The Hall–Kier alpha value is -1.55. The highest BCUT2D eigenvalue weighted by molar-refractivity contribution is 5.95. The van der Waals surface area contributed by atoms with E-state index in [0.717, 1.165) is 23.4 Å². The quantitative estimate of drug-likeness (QED) is 0.865. The van der Waals surface area contributed by atoms with E-state index < -0.39 is 0 Å². The van der Waals surface area contributed by atoms with Crippen molar-refractivity contribution in [1.82, 2.24) is 0 Å². The summed E-state index contributed by atoms with van der Waals surface area (Å²) in [4.78, 5) is 13.8. The van der Waals surface area contributed by atoms with Gasteiger partial charge in [0.2, 0.25) is 5.91 Å². The highest BCUT2D eigenvalue weighted by atomic mass is 16.5. The van der Waals surface area contributed by atoms with Crippen LogP contribution in [0.1, 0.15) is 25.3 Å². The zero-order valence-corrected chi connectivity index (χ0v) is 10.1. The van der Waals surface area contributed by atoms with Gasteiger partial charge in [-0.15, -0.1) is 0 Å². The van der Waals surface area contributed by atoms with E-state index >= 15 is 0 Å². The molecule has 2 rings (SSSR count). The first kappa shape index (κ1) is 11.9. The summed E-state index contributed by atoms with van der Waals surface area (Å²) >= 11 is 0. The first-order valence-electron chi connectivity index (χ1n) is 6.02. The number of fused-ring (bicyclic) bond motifs is 1. The molecule has 0 aliphatic carbocycles. The van der Waals surface area contributed by atoms with Crippen molar-refractivity contribution in [2.24, 2.45) is 5.73 Å². The molecule has 0 saturated carbocycles. The number of benzene rings is 1. The van der Waals surface area contributed by atoms with Crippen LogP contribution in [0.4, 0.5) is 5.69 Å². The van der Waals surface area contributed by atoms with Crippen LogP contribution in [0.2, 0.25) is 0 Å². The van der Waals surface area contributed by atoms with Gasteiger partial charge in [0.05, 0.1) is 12.2 Å². The molecular formula is C13H18N2O2. The van der Waals surface area contributed by atoms with Crippen LogP contribution in [0, 0.1) is 0 Å². The van der Waals surface area contributed by atoms with E-state index in [1.165, 1.54) is 0 Å². The van der Waals surface area contributed by atoms with Crippen molar-refractivity contribution in [2.45, 2.75) is 26.3 Å². The number of carbonyl (C=O) groups is 1. The Balaban J connectivity index is 2.28. The smallest absolute Gasteiger partial charge is 0.227 e.